The number of hydrogen-bond donors (Lipinski definition) is 1. The van der Waals surface area contributed by atoms with Crippen LogP contribution in [0.5, 0.6) is 5.75 Å². The minimum Gasteiger partial charge on any atom is -0.433 e. The quantitative estimate of drug-likeness (QED) is 0.366. The smallest absolute Gasteiger partial charge is 0.387 e. The van der Waals surface area contributed by atoms with Gasteiger partial charge in [-0.3, -0.25) is 4.79 Å². The monoisotopic (exact) mass is 513 g/mol. The van der Waals surface area contributed by atoms with Gasteiger partial charge in [-0.1, -0.05) is 0 Å². The Morgan fingerprint density at radius 3 is 2.95 bits per heavy atom. The van der Waals surface area contributed by atoms with E-state index in [1.54, 1.807) is 12.3 Å². The molecule has 190 valence electrons. The van der Waals surface area contributed by atoms with Gasteiger partial charge in [-0.2, -0.15) is 19.0 Å². The third kappa shape index (κ3) is 3.97. The van der Waals surface area contributed by atoms with Gasteiger partial charge in [-0.25, -0.2) is 18.6 Å². The van der Waals surface area contributed by atoms with E-state index in [1.165, 1.54) is 47.2 Å². The molecule has 6 rings (SSSR count). The number of imidazole rings is 1. The van der Waals surface area contributed by atoms with Crippen LogP contribution in [0.25, 0.3) is 17.0 Å². The molecule has 12 nitrogen and oxygen atoms in total. The first-order valence-corrected chi connectivity index (χ1v) is 11.2. The minimum absolute atomic E-state index is 0.00536. The van der Waals surface area contributed by atoms with Crippen LogP contribution in [-0.2, 0) is 6.42 Å². The topological polar surface area (TPSA) is 132 Å². The van der Waals surface area contributed by atoms with Crippen LogP contribution in [0.2, 0.25) is 0 Å². The Morgan fingerprint density at radius 1 is 1.30 bits per heavy atom. The molecule has 5 aromatic rings. The molecule has 1 amide bonds. The molecular formula is C22H18F3N9O3. The van der Waals surface area contributed by atoms with Gasteiger partial charge in [0, 0.05) is 31.1 Å². The van der Waals surface area contributed by atoms with E-state index >= 15 is 0 Å². The molecule has 5 aromatic heterocycles. The first kappa shape index (κ1) is 22.8. The van der Waals surface area contributed by atoms with E-state index in [0.29, 0.717) is 28.9 Å². The molecule has 0 spiro atoms. The van der Waals surface area contributed by atoms with Crippen molar-refractivity contribution in [2.24, 2.45) is 0 Å². The number of halogens is 3. The number of alkyl halides is 3. The summed E-state index contributed by atoms with van der Waals surface area (Å²) in [7, 11) is 0. The van der Waals surface area contributed by atoms with Crippen molar-refractivity contribution in [3.63, 3.8) is 0 Å². The highest BCUT2D eigenvalue weighted by molar-refractivity contribution is 5.90. The summed E-state index contributed by atoms with van der Waals surface area (Å²) in [5.41, 5.74) is 2.40. The zero-order valence-corrected chi connectivity index (χ0v) is 19.1. The Bertz CT molecular complexity index is 1590. The summed E-state index contributed by atoms with van der Waals surface area (Å²) in [6.45, 7) is -1.43. The fraction of sp³-hybridized carbons (Fsp3) is 0.273. The number of ether oxygens (including phenoxy) is 1. The average Bonchev–Trinajstić information content (AvgIpc) is 3.67. The first-order valence-electron chi connectivity index (χ1n) is 11.2. The zero-order chi connectivity index (χ0) is 25.7. The van der Waals surface area contributed by atoms with Crippen molar-refractivity contribution in [2.75, 3.05) is 6.54 Å². The summed E-state index contributed by atoms with van der Waals surface area (Å²) >= 11 is 0. The van der Waals surface area contributed by atoms with Crippen molar-refractivity contribution < 1.29 is 27.1 Å². The van der Waals surface area contributed by atoms with Crippen LogP contribution >= 0.6 is 0 Å². The Labute approximate surface area is 205 Å². The third-order valence-corrected chi connectivity index (χ3v) is 5.98. The van der Waals surface area contributed by atoms with Gasteiger partial charge in [-0.05, 0) is 25.1 Å². The third-order valence-electron chi connectivity index (χ3n) is 5.98. The Kier molecular flexibility index (Phi) is 5.39. The molecule has 2 atom stereocenters. The van der Waals surface area contributed by atoms with Crippen LogP contribution in [0, 0.1) is 0 Å². The maximum atomic E-state index is 13.6. The number of aromatic nitrogens is 8. The van der Waals surface area contributed by atoms with Gasteiger partial charge in [-0.15, -0.1) is 10.2 Å². The number of hydrogen-bond acceptors (Lipinski definition) is 8. The molecule has 0 radical (unpaired) electrons. The van der Waals surface area contributed by atoms with Gasteiger partial charge in [0.05, 0.1) is 29.5 Å². The Morgan fingerprint density at radius 2 is 2.16 bits per heavy atom. The van der Waals surface area contributed by atoms with E-state index in [1.807, 2.05) is 0 Å². The predicted octanol–water partition coefficient (Wildman–Crippen LogP) is 3.18. The van der Waals surface area contributed by atoms with Crippen LogP contribution in [0.4, 0.5) is 13.2 Å². The van der Waals surface area contributed by atoms with Crippen LogP contribution < -0.4 is 4.74 Å². The summed E-state index contributed by atoms with van der Waals surface area (Å²) in [6.07, 6.45) is 4.97. The Balaban J connectivity index is 1.37. The summed E-state index contributed by atoms with van der Waals surface area (Å²) in [5, 5.41) is 16.2. The molecule has 1 N–H and O–H groups in total. The number of carbonyl (C=O) groups is 1. The highest BCUT2D eigenvalue weighted by atomic mass is 19.3. The molecule has 1 aliphatic rings. The number of carbonyl (C=O) groups excluding carboxylic acids is 1. The summed E-state index contributed by atoms with van der Waals surface area (Å²) in [4.78, 5) is 22.5. The molecule has 37 heavy (non-hydrogen) atoms. The lowest BCUT2D eigenvalue weighted by Gasteiger charge is -2.32. The fourth-order valence-electron chi connectivity index (χ4n) is 4.32. The Hall–Kier alpha value is -4.69. The SMILES string of the molecule is CC(F)n1cc(-c2nnc(C(=O)N3CCc4[nH]cnc4[C@@H]3c3cc4c(OC(F)F)cccn4n3)o2)cn1. The number of pyridine rings is 1. The number of aromatic amines is 1. The lowest BCUT2D eigenvalue weighted by Crippen LogP contribution is -2.41. The molecule has 1 aliphatic heterocycles. The second kappa shape index (κ2) is 8.76. The normalized spacial score (nSPS) is 16.4. The lowest BCUT2D eigenvalue weighted by atomic mass is 9.99. The van der Waals surface area contributed by atoms with Gasteiger partial charge < -0.3 is 19.0 Å². The van der Waals surface area contributed by atoms with Crippen molar-refractivity contribution >= 4 is 11.4 Å². The minimum atomic E-state index is -3.01. The highest BCUT2D eigenvalue weighted by Crippen LogP contribution is 2.35. The summed E-state index contributed by atoms with van der Waals surface area (Å²) in [6, 6.07) is 3.73. The van der Waals surface area contributed by atoms with Gasteiger partial charge >= 0.3 is 18.4 Å². The maximum Gasteiger partial charge on any atom is 0.387 e. The van der Waals surface area contributed by atoms with E-state index < -0.39 is 24.9 Å². The van der Waals surface area contributed by atoms with Crippen molar-refractivity contribution in [1.82, 2.24) is 44.5 Å². The molecule has 0 aromatic carbocycles. The van der Waals surface area contributed by atoms with E-state index in [9.17, 15) is 18.0 Å². The van der Waals surface area contributed by atoms with Crippen molar-refractivity contribution in [1.29, 1.82) is 0 Å². The molecule has 0 fully saturated rings. The number of H-pyrrole nitrogens is 1. The molecular weight excluding hydrogens is 495 g/mol. The molecule has 0 aliphatic carbocycles. The zero-order valence-electron chi connectivity index (χ0n) is 19.1. The van der Waals surface area contributed by atoms with Gasteiger partial charge in [0.15, 0.2) is 12.0 Å². The van der Waals surface area contributed by atoms with Gasteiger partial charge in [0.1, 0.15) is 11.6 Å². The molecule has 0 saturated carbocycles. The lowest BCUT2D eigenvalue weighted by molar-refractivity contribution is -0.0490. The van der Waals surface area contributed by atoms with Crippen molar-refractivity contribution in [3.8, 4) is 17.2 Å². The largest absolute Gasteiger partial charge is 0.433 e. The van der Waals surface area contributed by atoms with E-state index in [4.69, 9.17) is 4.42 Å². The van der Waals surface area contributed by atoms with Crippen LogP contribution in [0.1, 0.15) is 47.0 Å². The highest BCUT2D eigenvalue weighted by Gasteiger charge is 2.38. The second-order valence-electron chi connectivity index (χ2n) is 8.26. The van der Waals surface area contributed by atoms with Crippen LogP contribution in [0.3, 0.4) is 0 Å². The maximum absolute atomic E-state index is 13.6. The number of rotatable bonds is 6. The van der Waals surface area contributed by atoms with Crippen LogP contribution in [0.15, 0.2) is 47.5 Å². The van der Waals surface area contributed by atoms with Gasteiger partial charge in [0.25, 0.3) is 5.89 Å². The predicted molar refractivity (Wildman–Crippen MR) is 118 cm³/mol. The van der Waals surface area contributed by atoms with Gasteiger partial charge in [0.2, 0.25) is 0 Å². The number of fused-ring (bicyclic) bond motifs is 2. The standard InChI is InChI=1S/C22H18F3N9O3/c1-11(23)34-9-12(8-28-34)19-29-30-20(37-19)21(35)32-6-4-13-17(27-10-26-13)18(32)14-7-15-16(36-22(24)25)3-2-5-33(15)31-14/h2-3,5,7-11,18,22H,4,6H2,1H3,(H,26,27)/t11?,18-/m0/s1. The molecule has 1 unspecified atom stereocenters. The van der Waals surface area contributed by atoms with Crippen LogP contribution in [-0.4, -0.2) is 63.5 Å². The second-order valence-corrected chi connectivity index (χ2v) is 8.26. The molecule has 6 heterocycles. The number of nitrogens with one attached hydrogen (secondary N) is 1. The molecule has 0 saturated heterocycles. The summed E-state index contributed by atoms with van der Waals surface area (Å²) in [5.74, 6) is -0.919. The molecule has 15 heteroatoms. The fourth-order valence-corrected chi connectivity index (χ4v) is 4.32. The summed E-state index contributed by atoms with van der Waals surface area (Å²) < 4.78 is 52.1. The number of amides is 1. The van der Waals surface area contributed by atoms with E-state index in [0.717, 1.165) is 10.4 Å². The van der Waals surface area contributed by atoms with E-state index in [-0.39, 0.29) is 24.1 Å². The van der Waals surface area contributed by atoms with Crippen molar-refractivity contribution in [2.45, 2.75) is 32.3 Å². The molecule has 0 bridgehead atoms. The average molecular weight is 513 g/mol. The first-order chi connectivity index (χ1) is 17.9. The van der Waals surface area contributed by atoms with E-state index in [2.05, 4.69) is 35.1 Å². The van der Waals surface area contributed by atoms with Crippen molar-refractivity contribution in [3.05, 3.63) is 66.1 Å². The number of nitrogens with zero attached hydrogens (tertiary/aromatic N) is 8.